The van der Waals surface area contributed by atoms with E-state index in [-0.39, 0.29) is 5.91 Å². The van der Waals surface area contributed by atoms with Crippen molar-refractivity contribution < 1.29 is 14.3 Å². The van der Waals surface area contributed by atoms with Gasteiger partial charge in [-0.3, -0.25) is 4.79 Å². The molecule has 1 aliphatic rings. The lowest BCUT2D eigenvalue weighted by molar-refractivity contribution is -0.115. The molecule has 1 aromatic heterocycles. The third-order valence-corrected chi connectivity index (χ3v) is 6.46. The number of ether oxygens (including phenoxy) is 2. The van der Waals surface area contributed by atoms with Crippen LogP contribution < -0.4 is 14.8 Å². The van der Waals surface area contributed by atoms with Crippen molar-refractivity contribution in [3.05, 3.63) is 60.3 Å². The summed E-state index contributed by atoms with van der Waals surface area (Å²) in [5.74, 6) is 1.57. The Labute approximate surface area is 193 Å². The number of thiazole rings is 1. The normalized spacial score (nSPS) is 13.8. The molecule has 1 saturated heterocycles. The van der Waals surface area contributed by atoms with E-state index in [1.807, 2.05) is 48.5 Å². The molecule has 6 nitrogen and oxygen atoms in total. The van der Waals surface area contributed by atoms with Crippen molar-refractivity contribution in [1.29, 1.82) is 0 Å². The minimum atomic E-state index is -0.0891. The summed E-state index contributed by atoms with van der Waals surface area (Å²) in [7, 11) is 1.62. The second-order valence-corrected chi connectivity index (χ2v) is 8.91. The molecule has 4 rings (SSSR count). The van der Waals surface area contributed by atoms with E-state index >= 15 is 0 Å². The maximum Gasteiger partial charge on any atom is 0.230 e. The van der Waals surface area contributed by atoms with Crippen LogP contribution in [-0.2, 0) is 11.2 Å². The van der Waals surface area contributed by atoms with E-state index < -0.39 is 0 Å². The first kappa shape index (κ1) is 22.3. The van der Waals surface area contributed by atoms with Gasteiger partial charge in [0.1, 0.15) is 11.5 Å². The highest BCUT2D eigenvalue weighted by atomic mass is 32.1. The monoisotopic (exact) mass is 451 g/mol. The number of nitrogens with one attached hydrogen (secondary N) is 1. The molecule has 0 aliphatic carbocycles. The number of hydrogen-bond donors (Lipinski definition) is 1. The van der Waals surface area contributed by atoms with Crippen LogP contribution in [0.2, 0.25) is 0 Å². The van der Waals surface area contributed by atoms with Gasteiger partial charge in [-0.05, 0) is 79.9 Å². The lowest BCUT2D eigenvalue weighted by atomic mass is 10.1. The molecule has 0 bridgehead atoms. The zero-order chi connectivity index (χ0) is 22.2. The second-order valence-electron chi connectivity index (χ2n) is 7.88. The lowest BCUT2D eigenvalue weighted by Crippen LogP contribution is -2.21. The Kier molecular flexibility index (Phi) is 7.74. The summed E-state index contributed by atoms with van der Waals surface area (Å²) in [5, 5.41) is 3.48. The molecule has 1 aliphatic heterocycles. The summed E-state index contributed by atoms with van der Waals surface area (Å²) in [5.41, 5.74) is 1.98. The SMILES string of the molecule is COc1ccc(CC(=O)Nc2ncc(-c3ccc(OCCCN4CCCC4)cc3)s2)cc1. The van der Waals surface area contributed by atoms with Gasteiger partial charge in [0.05, 0.1) is 25.0 Å². The quantitative estimate of drug-likeness (QED) is 0.446. The summed E-state index contributed by atoms with van der Waals surface area (Å²) in [6.07, 6.45) is 5.79. The number of nitrogens with zero attached hydrogens (tertiary/aromatic N) is 2. The highest BCUT2D eigenvalue weighted by Crippen LogP contribution is 2.30. The van der Waals surface area contributed by atoms with Crippen molar-refractivity contribution in [1.82, 2.24) is 9.88 Å². The van der Waals surface area contributed by atoms with Gasteiger partial charge in [-0.1, -0.05) is 23.5 Å². The van der Waals surface area contributed by atoms with Crippen molar-refractivity contribution in [3.8, 4) is 21.9 Å². The fourth-order valence-corrected chi connectivity index (χ4v) is 4.60. The molecule has 1 fully saturated rings. The zero-order valence-electron chi connectivity index (χ0n) is 18.4. The number of carbonyl (C=O) groups is 1. The van der Waals surface area contributed by atoms with Crippen LogP contribution >= 0.6 is 11.3 Å². The molecule has 7 heteroatoms. The Hall–Kier alpha value is -2.90. The van der Waals surface area contributed by atoms with Crippen LogP contribution in [-0.4, -0.2) is 49.1 Å². The average Bonchev–Trinajstić information content (AvgIpc) is 3.50. The molecule has 1 N–H and O–H groups in total. The first-order chi connectivity index (χ1) is 15.7. The Bertz CT molecular complexity index is 996. The Morgan fingerprint density at radius 1 is 1.06 bits per heavy atom. The molecule has 2 heterocycles. The molecule has 0 atom stereocenters. The summed E-state index contributed by atoms with van der Waals surface area (Å²) in [6, 6.07) is 15.5. The number of hydrogen-bond acceptors (Lipinski definition) is 6. The van der Waals surface area contributed by atoms with Crippen LogP contribution in [0.15, 0.2) is 54.7 Å². The van der Waals surface area contributed by atoms with Gasteiger partial charge in [-0.25, -0.2) is 4.98 Å². The van der Waals surface area contributed by atoms with Crippen molar-refractivity contribution in [3.63, 3.8) is 0 Å². The van der Waals surface area contributed by atoms with Gasteiger partial charge in [0.2, 0.25) is 5.91 Å². The van der Waals surface area contributed by atoms with E-state index in [9.17, 15) is 4.79 Å². The summed E-state index contributed by atoms with van der Waals surface area (Å²) in [6.45, 7) is 4.31. The lowest BCUT2D eigenvalue weighted by Gasteiger charge is -2.14. The van der Waals surface area contributed by atoms with Gasteiger partial charge in [-0.15, -0.1) is 0 Å². The first-order valence-corrected chi connectivity index (χ1v) is 11.9. The highest BCUT2D eigenvalue weighted by molar-refractivity contribution is 7.19. The van der Waals surface area contributed by atoms with E-state index in [0.29, 0.717) is 11.6 Å². The zero-order valence-corrected chi connectivity index (χ0v) is 19.2. The number of aromatic nitrogens is 1. The third kappa shape index (κ3) is 6.31. The van der Waals surface area contributed by atoms with Crippen molar-refractivity contribution in [2.45, 2.75) is 25.7 Å². The van der Waals surface area contributed by atoms with Gasteiger partial charge >= 0.3 is 0 Å². The largest absolute Gasteiger partial charge is 0.497 e. The Morgan fingerprint density at radius 2 is 1.78 bits per heavy atom. The number of methoxy groups -OCH3 is 1. The number of rotatable bonds is 10. The molecule has 0 radical (unpaired) electrons. The maximum absolute atomic E-state index is 12.3. The standard InChI is InChI=1S/C25H29N3O3S/c1-30-21-9-5-19(6-10-21)17-24(29)27-25-26-18-23(32-25)20-7-11-22(12-8-20)31-16-4-15-28-13-2-3-14-28/h5-12,18H,2-4,13-17H2,1H3,(H,26,27,29). The Morgan fingerprint density at radius 3 is 2.50 bits per heavy atom. The maximum atomic E-state index is 12.3. The third-order valence-electron chi connectivity index (χ3n) is 5.50. The number of amides is 1. The Balaban J connectivity index is 1.24. The molecule has 0 spiro atoms. The van der Waals surface area contributed by atoms with E-state index in [0.717, 1.165) is 47.1 Å². The van der Waals surface area contributed by atoms with E-state index in [4.69, 9.17) is 9.47 Å². The molecule has 0 saturated carbocycles. The van der Waals surface area contributed by atoms with Gasteiger partial charge in [-0.2, -0.15) is 0 Å². The number of carbonyl (C=O) groups excluding carboxylic acids is 1. The molecule has 32 heavy (non-hydrogen) atoms. The molecule has 3 aromatic rings. The van der Waals surface area contributed by atoms with Gasteiger partial charge in [0, 0.05) is 12.7 Å². The van der Waals surface area contributed by atoms with E-state index in [1.165, 1.54) is 37.3 Å². The highest BCUT2D eigenvalue weighted by Gasteiger charge is 2.11. The number of anilines is 1. The fourth-order valence-electron chi connectivity index (χ4n) is 3.76. The minimum Gasteiger partial charge on any atom is -0.497 e. The van der Waals surface area contributed by atoms with Gasteiger partial charge in [0.15, 0.2) is 5.13 Å². The smallest absolute Gasteiger partial charge is 0.230 e. The fraction of sp³-hybridized carbons (Fsp3) is 0.360. The van der Waals surface area contributed by atoms with Crippen molar-refractivity contribution in [2.24, 2.45) is 0 Å². The molecule has 0 unspecified atom stereocenters. The van der Waals surface area contributed by atoms with Crippen LogP contribution in [0.5, 0.6) is 11.5 Å². The van der Waals surface area contributed by atoms with Crippen molar-refractivity contribution in [2.75, 3.05) is 38.7 Å². The van der Waals surface area contributed by atoms with Crippen LogP contribution in [0.4, 0.5) is 5.13 Å². The molecular weight excluding hydrogens is 422 g/mol. The molecular formula is C25H29N3O3S. The van der Waals surface area contributed by atoms with Crippen LogP contribution in [0.3, 0.4) is 0 Å². The molecule has 2 aromatic carbocycles. The molecule has 168 valence electrons. The number of likely N-dealkylation sites (tertiary alicyclic amines) is 1. The van der Waals surface area contributed by atoms with E-state index in [2.05, 4.69) is 15.2 Å². The molecule has 1 amide bonds. The first-order valence-electron chi connectivity index (χ1n) is 11.0. The summed E-state index contributed by atoms with van der Waals surface area (Å²) < 4.78 is 11.0. The summed E-state index contributed by atoms with van der Waals surface area (Å²) >= 11 is 1.46. The topological polar surface area (TPSA) is 63.7 Å². The second kappa shape index (κ2) is 11.1. The minimum absolute atomic E-state index is 0.0891. The summed E-state index contributed by atoms with van der Waals surface area (Å²) in [4.78, 5) is 20.2. The van der Waals surface area contributed by atoms with Crippen LogP contribution in [0, 0.1) is 0 Å². The van der Waals surface area contributed by atoms with Crippen molar-refractivity contribution >= 4 is 22.4 Å². The van der Waals surface area contributed by atoms with Crippen LogP contribution in [0.1, 0.15) is 24.8 Å². The van der Waals surface area contributed by atoms with E-state index in [1.54, 1.807) is 13.3 Å². The average molecular weight is 452 g/mol. The predicted molar refractivity (Wildman–Crippen MR) is 129 cm³/mol. The van der Waals surface area contributed by atoms with Crippen LogP contribution in [0.25, 0.3) is 10.4 Å². The van der Waals surface area contributed by atoms with Gasteiger partial charge < -0.3 is 19.7 Å². The number of benzene rings is 2. The predicted octanol–water partition coefficient (Wildman–Crippen LogP) is 4.86. The van der Waals surface area contributed by atoms with Gasteiger partial charge in [0.25, 0.3) is 0 Å².